The van der Waals surface area contributed by atoms with Crippen molar-refractivity contribution in [1.82, 2.24) is 15.4 Å². The summed E-state index contributed by atoms with van der Waals surface area (Å²) in [6, 6.07) is 1.93. The number of rotatable bonds is 4. The van der Waals surface area contributed by atoms with E-state index in [1.54, 1.807) is 13.0 Å². The number of morpholine rings is 1. The van der Waals surface area contributed by atoms with Crippen molar-refractivity contribution in [3.63, 3.8) is 0 Å². The molecule has 0 saturated carbocycles. The maximum absolute atomic E-state index is 11.8. The van der Waals surface area contributed by atoms with Crippen LogP contribution in [0.3, 0.4) is 0 Å². The fourth-order valence-corrected chi connectivity index (χ4v) is 1.95. The Kier molecular flexibility index (Phi) is 4.33. The summed E-state index contributed by atoms with van der Waals surface area (Å²) >= 11 is 0. The number of ether oxygens (including phenoxy) is 1. The van der Waals surface area contributed by atoms with Gasteiger partial charge in [0.2, 0.25) is 0 Å². The average Bonchev–Trinajstić information content (AvgIpc) is 2.83. The molecule has 0 aromatic carbocycles. The number of nitrogens with zero attached hydrogens (tertiary/aromatic N) is 2. The molecule has 2 rings (SSSR count). The summed E-state index contributed by atoms with van der Waals surface area (Å²) in [4.78, 5) is 14.1. The minimum Gasteiger partial charge on any atom is -0.379 e. The van der Waals surface area contributed by atoms with Crippen LogP contribution in [0, 0.1) is 6.92 Å². The molecule has 0 aliphatic carbocycles. The van der Waals surface area contributed by atoms with Gasteiger partial charge in [0.15, 0.2) is 5.69 Å². The maximum Gasteiger partial charge on any atom is 0.273 e. The van der Waals surface area contributed by atoms with Crippen LogP contribution in [0.1, 0.15) is 23.2 Å². The van der Waals surface area contributed by atoms with Crippen LogP contribution in [0.25, 0.3) is 0 Å². The molecule has 1 amide bonds. The first-order valence-electron chi connectivity index (χ1n) is 6.20. The summed E-state index contributed by atoms with van der Waals surface area (Å²) in [5.74, 6) is 0.452. The highest BCUT2D eigenvalue weighted by atomic mass is 16.5. The molecule has 0 spiro atoms. The van der Waals surface area contributed by atoms with E-state index in [4.69, 9.17) is 9.26 Å². The molecule has 1 aliphatic rings. The summed E-state index contributed by atoms with van der Waals surface area (Å²) in [5, 5.41) is 6.55. The van der Waals surface area contributed by atoms with Gasteiger partial charge in [-0.05, 0) is 13.8 Å². The van der Waals surface area contributed by atoms with Gasteiger partial charge in [-0.15, -0.1) is 0 Å². The molecule has 1 aliphatic heterocycles. The Morgan fingerprint density at radius 3 is 2.89 bits per heavy atom. The molecule has 1 aromatic heterocycles. The standard InChI is InChI=1S/C12H19N3O3/c1-9(15-3-5-17-6-4-15)8-13-12(16)11-7-10(2)18-14-11/h7,9H,3-6,8H2,1-2H3,(H,13,16)/t9-/m0/s1. The lowest BCUT2D eigenvalue weighted by molar-refractivity contribution is 0.0204. The summed E-state index contributed by atoms with van der Waals surface area (Å²) in [6.07, 6.45) is 0. The van der Waals surface area contributed by atoms with E-state index in [0.29, 0.717) is 24.0 Å². The van der Waals surface area contributed by atoms with Gasteiger partial charge in [0.25, 0.3) is 5.91 Å². The quantitative estimate of drug-likeness (QED) is 0.843. The zero-order valence-electron chi connectivity index (χ0n) is 10.8. The van der Waals surface area contributed by atoms with E-state index in [2.05, 4.69) is 22.3 Å². The number of carbonyl (C=O) groups is 1. The van der Waals surface area contributed by atoms with Crippen molar-refractivity contribution >= 4 is 5.91 Å². The number of amides is 1. The Bertz CT molecular complexity index is 399. The van der Waals surface area contributed by atoms with Crippen molar-refractivity contribution in [2.75, 3.05) is 32.8 Å². The SMILES string of the molecule is Cc1cc(C(=O)NC[C@H](C)N2CCOCC2)no1. The lowest BCUT2D eigenvalue weighted by Crippen LogP contribution is -2.47. The second kappa shape index (κ2) is 5.97. The van der Waals surface area contributed by atoms with Crippen molar-refractivity contribution < 1.29 is 14.1 Å². The van der Waals surface area contributed by atoms with Crippen molar-refractivity contribution in [2.24, 2.45) is 0 Å². The predicted octanol–water partition coefficient (Wildman–Crippen LogP) is 0.434. The van der Waals surface area contributed by atoms with E-state index in [1.807, 2.05) is 0 Å². The number of nitrogens with one attached hydrogen (secondary N) is 1. The largest absolute Gasteiger partial charge is 0.379 e. The fourth-order valence-electron chi connectivity index (χ4n) is 1.95. The molecule has 6 heteroatoms. The third kappa shape index (κ3) is 3.30. The third-order valence-electron chi connectivity index (χ3n) is 3.09. The van der Waals surface area contributed by atoms with Crippen molar-refractivity contribution in [2.45, 2.75) is 19.9 Å². The molecule has 0 bridgehead atoms. The van der Waals surface area contributed by atoms with Gasteiger partial charge < -0.3 is 14.6 Å². The molecule has 1 saturated heterocycles. The van der Waals surface area contributed by atoms with Crippen LogP contribution in [-0.4, -0.2) is 54.9 Å². The Balaban J connectivity index is 1.78. The third-order valence-corrected chi connectivity index (χ3v) is 3.09. The summed E-state index contributed by atoms with van der Waals surface area (Å²) in [6.45, 7) is 7.83. The van der Waals surface area contributed by atoms with Crippen molar-refractivity contribution in [3.05, 3.63) is 17.5 Å². The van der Waals surface area contributed by atoms with E-state index in [9.17, 15) is 4.79 Å². The molecule has 1 aromatic rings. The summed E-state index contributed by atoms with van der Waals surface area (Å²) in [7, 11) is 0. The van der Waals surface area contributed by atoms with Crippen molar-refractivity contribution in [3.8, 4) is 0 Å². The Labute approximate surface area is 106 Å². The highest BCUT2D eigenvalue weighted by Gasteiger charge is 2.18. The maximum atomic E-state index is 11.8. The Hall–Kier alpha value is -1.40. The number of aryl methyl sites for hydroxylation is 1. The molecule has 0 radical (unpaired) electrons. The molecule has 1 fully saturated rings. The number of carbonyl (C=O) groups excluding carboxylic acids is 1. The lowest BCUT2D eigenvalue weighted by Gasteiger charge is -2.32. The van der Waals surface area contributed by atoms with Crippen LogP contribution in [-0.2, 0) is 4.74 Å². The van der Waals surface area contributed by atoms with Gasteiger partial charge in [-0.3, -0.25) is 9.69 Å². The first-order valence-corrected chi connectivity index (χ1v) is 6.20. The van der Waals surface area contributed by atoms with Crippen LogP contribution >= 0.6 is 0 Å². The fraction of sp³-hybridized carbons (Fsp3) is 0.667. The van der Waals surface area contributed by atoms with E-state index in [-0.39, 0.29) is 5.91 Å². The molecule has 1 N–H and O–H groups in total. The van der Waals surface area contributed by atoms with Crippen LogP contribution in [0.4, 0.5) is 0 Å². The topological polar surface area (TPSA) is 67.6 Å². The number of aromatic nitrogens is 1. The van der Waals surface area contributed by atoms with Gasteiger partial charge in [0, 0.05) is 31.7 Å². The lowest BCUT2D eigenvalue weighted by atomic mass is 10.2. The number of hydrogen-bond acceptors (Lipinski definition) is 5. The van der Waals surface area contributed by atoms with Crippen molar-refractivity contribution in [1.29, 1.82) is 0 Å². The smallest absolute Gasteiger partial charge is 0.273 e. The van der Waals surface area contributed by atoms with Crippen LogP contribution < -0.4 is 5.32 Å². The molecule has 2 heterocycles. The van der Waals surface area contributed by atoms with E-state index in [0.717, 1.165) is 26.3 Å². The zero-order chi connectivity index (χ0) is 13.0. The van der Waals surface area contributed by atoms with Gasteiger partial charge in [0.1, 0.15) is 5.76 Å². The van der Waals surface area contributed by atoms with Gasteiger partial charge >= 0.3 is 0 Å². The van der Waals surface area contributed by atoms with Gasteiger partial charge in [-0.25, -0.2) is 0 Å². The first-order chi connectivity index (χ1) is 8.66. The van der Waals surface area contributed by atoms with Gasteiger partial charge in [-0.1, -0.05) is 5.16 Å². The zero-order valence-corrected chi connectivity index (χ0v) is 10.8. The Morgan fingerprint density at radius 1 is 1.56 bits per heavy atom. The summed E-state index contributed by atoms with van der Waals surface area (Å²) in [5.41, 5.74) is 0.335. The number of hydrogen-bond donors (Lipinski definition) is 1. The van der Waals surface area contributed by atoms with E-state index >= 15 is 0 Å². The molecule has 100 valence electrons. The van der Waals surface area contributed by atoms with Crippen LogP contribution in [0.2, 0.25) is 0 Å². The predicted molar refractivity (Wildman–Crippen MR) is 65.4 cm³/mol. The first kappa shape index (κ1) is 13.0. The second-order valence-corrected chi connectivity index (χ2v) is 4.53. The molecule has 6 nitrogen and oxygen atoms in total. The molecular weight excluding hydrogens is 234 g/mol. The van der Waals surface area contributed by atoms with Crippen LogP contribution in [0.15, 0.2) is 10.6 Å². The normalized spacial score (nSPS) is 18.6. The highest BCUT2D eigenvalue weighted by Crippen LogP contribution is 2.04. The highest BCUT2D eigenvalue weighted by molar-refractivity contribution is 5.92. The van der Waals surface area contributed by atoms with E-state index < -0.39 is 0 Å². The average molecular weight is 253 g/mol. The minimum absolute atomic E-state index is 0.188. The summed E-state index contributed by atoms with van der Waals surface area (Å²) < 4.78 is 10.2. The molecule has 18 heavy (non-hydrogen) atoms. The monoisotopic (exact) mass is 253 g/mol. The van der Waals surface area contributed by atoms with E-state index in [1.165, 1.54) is 0 Å². The Morgan fingerprint density at radius 2 is 2.28 bits per heavy atom. The van der Waals surface area contributed by atoms with Crippen LogP contribution in [0.5, 0.6) is 0 Å². The van der Waals surface area contributed by atoms with Gasteiger partial charge in [-0.2, -0.15) is 0 Å². The van der Waals surface area contributed by atoms with Gasteiger partial charge in [0.05, 0.1) is 13.2 Å². The second-order valence-electron chi connectivity index (χ2n) is 4.53. The molecule has 0 unspecified atom stereocenters. The molecular formula is C12H19N3O3. The molecule has 1 atom stereocenters. The minimum atomic E-state index is -0.188.